The van der Waals surface area contributed by atoms with Gasteiger partial charge in [0.15, 0.2) is 5.13 Å². The maximum atomic E-state index is 13.4. The first-order chi connectivity index (χ1) is 14.5. The van der Waals surface area contributed by atoms with E-state index in [0.717, 1.165) is 33.3 Å². The minimum atomic E-state index is -0.00377. The topological polar surface area (TPSA) is 46.1 Å². The van der Waals surface area contributed by atoms with Crippen molar-refractivity contribution < 1.29 is 4.79 Å². The molecule has 0 aliphatic rings. The van der Waals surface area contributed by atoms with Crippen LogP contribution in [0.15, 0.2) is 60.9 Å². The summed E-state index contributed by atoms with van der Waals surface area (Å²) in [6.07, 6.45) is 4.80. The molecule has 1 amide bonds. The standard InChI is InChI=1S/C24H22ClN3OS/c1-3-17-7-9-18(10-8-17)13-21(29)28(15-19-5-4-12-26-14-19)24-27-22-16(2)6-11-20(25)23(22)30-24/h4-12,14H,3,13,15H2,1-2H3. The van der Waals surface area contributed by atoms with Gasteiger partial charge in [-0.1, -0.05) is 66.3 Å². The highest BCUT2D eigenvalue weighted by atomic mass is 35.5. The number of aromatic nitrogens is 2. The van der Waals surface area contributed by atoms with E-state index in [4.69, 9.17) is 16.6 Å². The fourth-order valence-corrected chi connectivity index (χ4v) is 4.64. The molecule has 2 aromatic carbocycles. The molecule has 0 aliphatic heterocycles. The maximum absolute atomic E-state index is 13.4. The molecular formula is C24H22ClN3OS. The molecule has 4 aromatic rings. The summed E-state index contributed by atoms with van der Waals surface area (Å²) >= 11 is 7.85. The molecule has 4 nitrogen and oxygen atoms in total. The van der Waals surface area contributed by atoms with Crippen molar-refractivity contribution >= 4 is 44.2 Å². The molecule has 6 heteroatoms. The first kappa shape index (κ1) is 20.5. The van der Waals surface area contributed by atoms with Crippen molar-refractivity contribution in [3.8, 4) is 0 Å². The first-order valence-corrected chi connectivity index (χ1v) is 11.1. The van der Waals surface area contributed by atoms with Gasteiger partial charge in [-0.2, -0.15) is 0 Å². The van der Waals surface area contributed by atoms with Crippen LogP contribution in [0, 0.1) is 6.92 Å². The van der Waals surface area contributed by atoms with Crippen LogP contribution in [-0.4, -0.2) is 15.9 Å². The number of halogens is 1. The van der Waals surface area contributed by atoms with Crippen molar-refractivity contribution in [1.82, 2.24) is 9.97 Å². The summed E-state index contributed by atoms with van der Waals surface area (Å²) in [4.78, 5) is 24.1. The number of rotatable bonds is 6. The number of fused-ring (bicyclic) bond motifs is 1. The summed E-state index contributed by atoms with van der Waals surface area (Å²) in [7, 11) is 0. The Kier molecular flexibility index (Phi) is 6.11. The molecule has 0 N–H and O–H groups in total. The van der Waals surface area contributed by atoms with Crippen LogP contribution in [0.4, 0.5) is 5.13 Å². The Balaban J connectivity index is 1.69. The second kappa shape index (κ2) is 8.94. The van der Waals surface area contributed by atoms with Gasteiger partial charge in [0, 0.05) is 12.4 Å². The zero-order chi connectivity index (χ0) is 21.1. The smallest absolute Gasteiger partial charge is 0.233 e. The third-order valence-electron chi connectivity index (χ3n) is 5.07. The van der Waals surface area contributed by atoms with Crippen molar-refractivity contribution in [3.05, 3.63) is 88.2 Å². The van der Waals surface area contributed by atoms with Crippen LogP contribution in [0.25, 0.3) is 10.2 Å². The van der Waals surface area contributed by atoms with Gasteiger partial charge in [-0.3, -0.25) is 14.7 Å². The molecule has 0 saturated carbocycles. The zero-order valence-electron chi connectivity index (χ0n) is 16.9. The lowest BCUT2D eigenvalue weighted by Crippen LogP contribution is -2.31. The van der Waals surface area contributed by atoms with Crippen molar-refractivity contribution in [2.75, 3.05) is 4.90 Å². The number of hydrogen-bond donors (Lipinski definition) is 0. The van der Waals surface area contributed by atoms with Crippen LogP contribution >= 0.6 is 22.9 Å². The third kappa shape index (κ3) is 4.37. The number of benzene rings is 2. The normalized spacial score (nSPS) is 11.0. The van der Waals surface area contributed by atoms with Gasteiger partial charge < -0.3 is 0 Å². The Labute approximate surface area is 185 Å². The Morgan fingerprint density at radius 3 is 2.50 bits per heavy atom. The fraction of sp³-hybridized carbons (Fsp3) is 0.208. The summed E-state index contributed by atoms with van der Waals surface area (Å²) in [5.41, 5.74) is 5.09. The number of thiazole rings is 1. The van der Waals surface area contributed by atoms with Gasteiger partial charge in [0.25, 0.3) is 0 Å². The quantitative estimate of drug-likeness (QED) is 0.373. The van der Waals surface area contributed by atoms with E-state index in [2.05, 4.69) is 24.0 Å². The molecule has 0 saturated heterocycles. The monoisotopic (exact) mass is 435 g/mol. The SMILES string of the molecule is CCc1ccc(CC(=O)N(Cc2cccnc2)c2nc3c(C)ccc(Cl)c3s2)cc1. The lowest BCUT2D eigenvalue weighted by atomic mass is 10.1. The first-order valence-electron chi connectivity index (χ1n) is 9.88. The lowest BCUT2D eigenvalue weighted by Gasteiger charge is -2.20. The van der Waals surface area contributed by atoms with Crippen molar-refractivity contribution in [2.24, 2.45) is 0 Å². The number of anilines is 1. The average Bonchev–Trinajstić information content (AvgIpc) is 3.22. The van der Waals surface area contributed by atoms with E-state index in [1.807, 2.05) is 43.3 Å². The van der Waals surface area contributed by atoms with E-state index in [0.29, 0.717) is 23.1 Å². The van der Waals surface area contributed by atoms with Gasteiger partial charge in [0.05, 0.1) is 28.2 Å². The Morgan fingerprint density at radius 1 is 1.07 bits per heavy atom. The molecule has 0 unspecified atom stereocenters. The van der Waals surface area contributed by atoms with Gasteiger partial charge in [-0.05, 0) is 47.7 Å². The molecule has 30 heavy (non-hydrogen) atoms. The van der Waals surface area contributed by atoms with Gasteiger partial charge in [-0.15, -0.1) is 0 Å². The predicted molar refractivity (Wildman–Crippen MR) is 124 cm³/mol. The van der Waals surface area contributed by atoms with Gasteiger partial charge in [0.1, 0.15) is 0 Å². The van der Waals surface area contributed by atoms with Crippen molar-refractivity contribution in [1.29, 1.82) is 0 Å². The van der Waals surface area contributed by atoms with Crippen LogP contribution in [-0.2, 0) is 24.2 Å². The highest BCUT2D eigenvalue weighted by molar-refractivity contribution is 7.23. The van der Waals surface area contributed by atoms with Crippen LogP contribution in [0.2, 0.25) is 5.02 Å². The minimum absolute atomic E-state index is 0.00377. The lowest BCUT2D eigenvalue weighted by molar-refractivity contribution is -0.118. The summed E-state index contributed by atoms with van der Waals surface area (Å²) in [5, 5.41) is 1.31. The molecule has 0 fully saturated rings. The average molecular weight is 436 g/mol. The van der Waals surface area contributed by atoms with Crippen LogP contribution in [0.3, 0.4) is 0 Å². The van der Waals surface area contributed by atoms with Crippen molar-refractivity contribution in [2.45, 2.75) is 33.2 Å². The zero-order valence-corrected chi connectivity index (χ0v) is 18.5. The summed E-state index contributed by atoms with van der Waals surface area (Å²) in [6.45, 7) is 4.54. The predicted octanol–water partition coefficient (Wildman–Crippen LogP) is 5.99. The number of pyridine rings is 1. The van der Waals surface area contributed by atoms with Crippen molar-refractivity contribution in [3.63, 3.8) is 0 Å². The van der Waals surface area contributed by atoms with Gasteiger partial charge in [-0.25, -0.2) is 4.98 Å². The summed E-state index contributed by atoms with van der Waals surface area (Å²) < 4.78 is 0.906. The van der Waals surface area contributed by atoms with E-state index >= 15 is 0 Å². The fourth-order valence-electron chi connectivity index (χ4n) is 3.31. The Bertz CT molecular complexity index is 1130. The van der Waals surface area contributed by atoms with E-state index < -0.39 is 0 Å². The molecule has 0 aliphatic carbocycles. The minimum Gasteiger partial charge on any atom is -0.283 e. The molecule has 0 atom stereocenters. The van der Waals surface area contributed by atoms with Crippen LogP contribution < -0.4 is 4.90 Å². The molecule has 2 heterocycles. The molecule has 0 radical (unpaired) electrons. The summed E-state index contributed by atoms with van der Waals surface area (Å²) in [6, 6.07) is 15.9. The molecule has 0 spiro atoms. The third-order valence-corrected chi connectivity index (χ3v) is 6.61. The second-order valence-electron chi connectivity index (χ2n) is 7.23. The van der Waals surface area contributed by atoms with Crippen LogP contribution in [0.5, 0.6) is 0 Å². The number of hydrogen-bond acceptors (Lipinski definition) is 4. The Morgan fingerprint density at radius 2 is 1.83 bits per heavy atom. The molecular weight excluding hydrogens is 414 g/mol. The number of carbonyl (C=O) groups excluding carboxylic acids is 1. The Hall–Kier alpha value is -2.76. The van der Waals surface area contributed by atoms with E-state index in [1.54, 1.807) is 17.3 Å². The maximum Gasteiger partial charge on any atom is 0.233 e. The van der Waals surface area contributed by atoms with Gasteiger partial charge in [0.2, 0.25) is 5.91 Å². The number of amides is 1. The highest BCUT2D eigenvalue weighted by Gasteiger charge is 2.22. The summed E-state index contributed by atoms with van der Waals surface area (Å²) in [5.74, 6) is -0.00377. The van der Waals surface area contributed by atoms with Crippen LogP contribution in [0.1, 0.15) is 29.2 Å². The number of carbonyl (C=O) groups is 1. The molecule has 0 bridgehead atoms. The molecule has 2 aromatic heterocycles. The van der Waals surface area contributed by atoms with Gasteiger partial charge >= 0.3 is 0 Å². The largest absolute Gasteiger partial charge is 0.283 e. The second-order valence-corrected chi connectivity index (χ2v) is 8.61. The number of aryl methyl sites for hydroxylation is 2. The molecule has 152 valence electrons. The highest BCUT2D eigenvalue weighted by Crippen LogP contribution is 2.36. The number of nitrogens with zero attached hydrogens (tertiary/aromatic N) is 3. The van der Waals surface area contributed by atoms with E-state index in [-0.39, 0.29) is 5.91 Å². The molecule has 4 rings (SSSR count). The van der Waals surface area contributed by atoms with E-state index in [1.165, 1.54) is 16.9 Å². The van der Waals surface area contributed by atoms with E-state index in [9.17, 15) is 4.79 Å².